The lowest BCUT2D eigenvalue weighted by Crippen LogP contribution is -2.44. The van der Waals surface area contributed by atoms with Crippen LogP contribution in [0.1, 0.15) is 57.9 Å². The van der Waals surface area contributed by atoms with E-state index in [1.165, 1.54) is 12.8 Å². The topological polar surface area (TPSA) is 55.1 Å². The Kier molecular flexibility index (Phi) is 3.46. The number of nitrogens with one attached hydrogen (secondary N) is 1. The number of carbonyl (C=O) groups excluding carboxylic acids is 1. The number of hydrogen-bond acceptors (Lipinski definition) is 2. The molecular formula is C18H26N2O. The number of anilines is 1. The second-order valence-corrected chi connectivity index (χ2v) is 7.62. The molecule has 21 heavy (non-hydrogen) atoms. The summed E-state index contributed by atoms with van der Waals surface area (Å²) < 4.78 is 0. The molecule has 0 saturated heterocycles. The molecule has 114 valence electrons. The smallest absolute Gasteiger partial charge is 0.230 e. The van der Waals surface area contributed by atoms with Crippen molar-refractivity contribution < 1.29 is 4.79 Å². The van der Waals surface area contributed by atoms with E-state index in [9.17, 15) is 4.79 Å². The van der Waals surface area contributed by atoms with E-state index in [1.807, 2.05) is 24.3 Å². The van der Waals surface area contributed by atoms with Crippen molar-refractivity contribution in [1.29, 1.82) is 0 Å². The van der Waals surface area contributed by atoms with E-state index >= 15 is 0 Å². The summed E-state index contributed by atoms with van der Waals surface area (Å²) in [7, 11) is 0. The molecule has 0 heterocycles. The van der Waals surface area contributed by atoms with Crippen molar-refractivity contribution in [2.24, 2.45) is 5.41 Å². The number of nitrogen functional groups attached to an aromatic ring is 1. The minimum Gasteiger partial charge on any atom is -0.399 e. The van der Waals surface area contributed by atoms with E-state index in [-0.39, 0.29) is 11.3 Å². The van der Waals surface area contributed by atoms with Crippen LogP contribution in [0.3, 0.4) is 0 Å². The molecule has 1 amide bonds. The summed E-state index contributed by atoms with van der Waals surface area (Å²) >= 11 is 0. The van der Waals surface area contributed by atoms with Crippen LogP contribution in [0.15, 0.2) is 24.3 Å². The molecule has 0 aliphatic heterocycles. The highest BCUT2D eigenvalue weighted by Gasteiger charge is 2.51. The molecule has 3 rings (SSSR count). The minimum atomic E-state index is -0.277. The van der Waals surface area contributed by atoms with Crippen molar-refractivity contribution in [2.45, 2.75) is 63.8 Å². The van der Waals surface area contributed by atoms with Crippen molar-refractivity contribution in [3.05, 3.63) is 29.8 Å². The first kappa shape index (κ1) is 14.4. The van der Waals surface area contributed by atoms with E-state index in [0.717, 1.165) is 36.9 Å². The molecule has 1 aromatic rings. The molecule has 0 spiro atoms. The van der Waals surface area contributed by atoms with Gasteiger partial charge in [-0.05, 0) is 61.6 Å². The average Bonchev–Trinajstić information content (AvgIpc) is 3.23. The molecule has 2 aliphatic rings. The van der Waals surface area contributed by atoms with Crippen LogP contribution in [-0.2, 0) is 10.2 Å². The Morgan fingerprint density at radius 2 is 1.67 bits per heavy atom. The molecule has 0 atom stereocenters. The van der Waals surface area contributed by atoms with Gasteiger partial charge in [-0.25, -0.2) is 0 Å². The highest BCUT2D eigenvalue weighted by atomic mass is 16.2. The molecule has 2 aliphatic carbocycles. The van der Waals surface area contributed by atoms with Crippen molar-refractivity contribution in [3.63, 3.8) is 0 Å². The fourth-order valence-corrected chi connectivity index (χ4v) is 3.44. The molecule has 0 radical (unpaired) electrons. The zero-order valence-corrected chi connectivity index (χ0v) is 13.1. The maximum atomic E-state index is 12.7. The summed E-state index contributed by atoms with van der Waals surface area (Å²) in [6.45, 7) is 4.64. The number of benzene rings is 1. The van der Waals surface area contributed by atoms with E-state index in [0.29, 0.717) is 11.5 Å². The zero-order valence-electron chi connectivity index (χ0n) is 13.1. The average molecular weight is 286 g/mol. The van der Waals surface area contributed by atoms with Gasteiger partial charge in [0.15, 0.2) is 0 Å². The summed E-state index contributed by atoms with van der Waals surface area (Å²) in [6, 6.07) is 8.16. The largest absolute Gasteiger partial charge is 0.399 e. The summed E-state index contributed by atoms with van der Waals surface area (Å²) in [5, 5.41) is 3.30. The Morgan fingerprint density at radius 3 is 2.19 bits per heavy atom. The van der Waals surface area contributed by atoms with Crippen LogP contribution in [0.25, 0.3) is 0 Å². The molecule has 3 N–H and O–H groups in total. The summed E-state index contributed by atoms with van der Waals surface area (Å²) in [6.07, 6.45) is 6.54. The minimum absolute atomic E-state index is 0.219. The van der Waals surface area contributed by atoms with Gasteiger partial charge in [0.2, 0.25) is 5.91 Å². The molecule has 3 heteroatoms. The lowest BCUT2D eigenvalue weighted by atomic mass is 9.75. The number of nitrogens with two attached hydrogens (primary N) is 1. The van der Waals surface area contributed by atoms with Crippen LogP contribution < -0.4 is 11.1 Å². The Balaban J connectivity index is 1.64. The van der Waals surface area contributed by atoms with Gasteiger partial charge in [0.05, 0.1) is 5.41 Å². The predicted octanol–water partition coefficient (Wildman–Crippen LogP) is 3.39. The third kappa shape index (κ3) is 2.92. The van der Waals surface area contributed by atoms with Gasteiger partial charge in [-0.3, -0.25) is 4.79 Å². The maximum absolute atomic E-state index is 12.7. The quantitative estimate of drug-likeness (QED) is 0.837. The van der Waals surface area contributed by atoms with E-state index < -0.39 is 0 Å². The molecular weight excluding hydrogens is 260 g/mol. The van der Waals surface area contributed by atoms with Crippen molar-refractivity contribution in [3.8, 4) is 0 Å². The molecule has 3 nitrogen and oxygen atoms in total. The lowest BCUT2D eigenvalue weighted by molar-refractivity contribution is -0.124. The SMILES string of the molecule is CC1(C)CCC(NC(=O)C2(c3ccc(N)cc3)CC2)CC1. The van der Waals surface area contributed by atoms with Gasteiger partial charge < -0.3 is 11.1 Å². The van der Waals surface area contributed by atoms with Gasteiger partial charge in [0.1, 0.15) is 0 Å². The van der Waals surface area contributed by atoms with Crippen molar-refractivity contribution in [1.82, 2.24) is 5.32 Å². The highest BCUT2D eigenvalue weighted by Crippen LogP contribution is 2.49. The van der Waals surface area contributed by atoms with Gasteiger partial charge in [0, 0.05) is 11.7 Å². The second kappa shape index (κ2) is 5.04. The molecule has 1 aromatic carbocycles. The molecule has 0 unspecified atom stereocenters. The van der Waals surface area contributed by atoms with Crippen molar-refractivity contribution >= 4 is 11.6 Å². The first-order chi connectivity index (χ1) is 9.91. The first-order valence-electron chi connectivity index (χ1n) is 8.08. The van der Waals surface area contributed by atoms with Gasteiger partial charge in [0.25, 0.3) is 0 Å². The van der Waals surface area contributed by atoms with Crippen LogP contribution in [0.5, 0.6) is 0 Å². The predicted molar refractivity (Wildman–Crippen MR) is 85.9 cm³/mol. The summed E-state index contributed by atoms with van der Waals surface area (Å²) in [5.41, 5.74) is 7.77. The highest BCUT2D eigenvalue weighted by molar-refractivity contribution is 5.91. The molecule has 0 aromatic heterocycles. The van der Waals surface area contributed by atoms with Gasteiger partial charge in [-0.1, -0.05) is 26.0 Å². The third-order valence-corrected chi connectivity index (χ3v) is 5.32. The number of hydrogen-bond donors (Lipinski definition) is 2. The fraction of sp³-hybridized carbons (Fsp3) is 0.611. The number of rotatable bonds is 3. The fourth-order valence-electron chi connectivity index (χ4n) is 3.44. The Morgan fingerprint density at radius 1 is 1.10 bits per heavy atom. The number of amides is 1. The standard InChI is InChI=1S/C18H26N2O/c1-17(2)9-7-15(8-10-17)20-16(21)18(11-12-18)13-3-5-14(19)6-4-13/h3-6,15H,7-12,19H2,1-2H3,(H,20,21). The normalized spacial score (nSPS) is 23.5. The molecule has 0 bridgehead atoms. The number of carbonyl (C=O) groups is 1. The van der Waals surface area contributed by atoms with E-state index in [2.05, 4.69) is 19.2 Å². The lowest BCUT2D eigenvalue weighted by Gasteiger charge is -2.35. The van der Waals surface area contributed by atoms with Crippen LogP contribution in [0, 0.1) is 5.41 Å². The van der Waals surface area contributed by atoms with Gasteiger partial charge in [-0.15, -0.1) is 0 Å². The van der Waals surface area contributed by atoms with Gasteiger partial charge >= 0.3 is 0 Å². The van der Waals surface area contributed by atoms with E-state index in [4.69, 9.17) is 5.73 Å². The Bertz CT molecular complexity index is 519. The first-order valence-corrected chi connectivity index (χ1v) is 8.08. The molecule has 2 fully saturated rings. The van der Waals surface area contributed by atoms with Crippen LogP contribution in [0.4, 0.5) is 5.69 Å². The summed E-state index contributed by atoms with van der Waals surface area (Å²) in [5.74, 6) is 0.219. The monoisotopic (exact) mass is 286 g/mol. The van der Waals surface area contributed by atoms with Crippen LogP contribution >= 0.6 is 0 Å². The third-order valence-electron chi connectivity index (χ3n) is 5.32. The second-order valence-electron chi connectivity index (χ2n) is 7.62. The van der Waals surface area contributed by atoms with Crippen molar-refractivity contribution in [2.75, 3.05) is 5.73 Å². The zero-order chi connectivity index (χ0) is 15.1. The van der Waals surface area contributed by atoms with Gasteiger partial charge in [-0.2, -0.15) is 0 Å². The molecule has 2 saturated carbocycles. The Hall–Kier alpha value is -1.51. The van der Waals surface area contributed by atoms with Crippen LogP contribution in [0.2, 0.25) is 0 Å². The summed E-state index contributed by atoms with van der Waals surface area (Å²) in [4.78, 5) is 12.7. The van der Waals surface area contributed by atoms with E-state index in [1.54, 1.807) is 0 Å². The maximum Gasteiger partial charge on any atom is 0.230 e. The van der Waals surface area contributed by atoms with Crippen LogP contribution in [-0.4, -0.2) is 11.9 Å². The Labute approximate surface area is 127 Å².